The smallest absolute Gasteiger partial charge is 0.228 e. The molecule has 1 aliphatic heterocycles. The molecule has 1 amide bonds. The maximum atomic E-state index is 12.2. The van der Waals surface area contributed by atoms with E-state index in [0.29, 0.717) is 13.0 Å². The highest BCUT2D eigenvalue weighted by Crippen LogP contribution is 2.19. The van der Waals surface area contributed by atoms with Gasteiger partial charge in [0, 0.05) is 12.3 Å². The summed E-state index contributed by atoms with van der Waals surface area (Å²) in [7, 11) is 1.62. The van der Waals surface area contributed by atoms with E-state index in [1.165, 1.54) is 6.42 Å². The van der Waals surface area contributed by atoms with Crippen molar-refractivity contribution in [2.24, 2.45) is 0 Å². The number of rotatable bonds is 7. The lowest BCUT2D eigenvalue weighted by atomic mass is 10.1. The van der Waals surface area contributed by atoms with Crippen molar-refractivity contribution in [3.63, 3.8) is 0 Å². The summed E-state index contributed by atoms with van der Waals surface area (Å²) < 4.78 is 16.5. The Balaban J connectivity index is 1.46. The summed E-state index contributed by atoms with van der Waals surface area (Å²) in [4.78, 5) is 12.2. The number of carbonyl (C=O) groups is 1. The minimum absolute atomic E-state index is 0.0561. The van der Waals surface area contributed by atoms with Crippen molar-refractivity contribution in [2.75, 3.05) is 25.6 Å². The third kappa shape index (κ3) is 5.49. The van der Waals surface area contributed by atoms with Gasteiger partial charge in [-0.1, -0.05) is 12.1 Å². The van der Waals surface area contributed by atoms with Crippen LogP contribution in [0.15, 0.2) is 48.5 Å². The molecule has 1 heterocycles. The first-order valence-electron chi connectivity index (χ1n) is 9.00. The summed E-state index contributed by atoms with van der Waals surface area (Å²) in [5.74, 6) is 1.51. The predicted octanol–water partition coefficient (Wildman–Crippen LogP) is 3.82. The number of carbonyl (C=O) groups excluding carboxylic acids is 1. The van der Waals surface area contributed by atoms with E-state index < -0.39 is 0 Å². The van der Waals surface area contributed by atoms with Gasteiger partial charge in [0.15, 0.2) is 0 Å². The molecule has 1 aliphatic rings. The van der Waals surface area contributed by atoms with Crippen molar-refractivity contribution in [3.8, 4) is 11.5 Å². The van der Waals surface area contributed by atoms with Gasteiger partial charge in [0.05, 0.1) is 19.6 Å². The first-order chi connectivity index (χ1) is 12.7. The quantitative estimate of drug-likeness (QED) is 0.820. The fourth-order valence-corrected chi connectivity index (χ4v) is 2.90. The zero-order valence-corrected chi connectivity index (χ0v) is 15.1. The summed E-state index contributed by atoms with van der Waals surface area (Å²) in [5.41, 5.74) is 1.69. The topological polar surface area (TPSA) is 56.8 Å². The van der Waals surface area contributed by atoms with Crippen LogP contribution in [0.2, 0.25) is 0 Å². The molecule has 138 valence electrons. The Kier molecular flexibility index (Phi) is 6.50. The van der Waals surface area contributed by atoms with Gasteiger partial charge in [-0.15, -0.1) is 0 Å². The second kappa shape index (κ2) is 9.25. The van der Waals surface area contributed by atoms with Crippen molar-refractivity contribution < 1.29 is 19.0 Å². The highest BCUT2D eigenvalue weighted by molar-refractivity contribution is 5.92. The number of anilines is 1. The van der Waals surface area contributed by atoms with Crippen molar-refractivity contribution in [2.45, 2.75) is 31.8 Å². The molecule has 2 aromatic rings. The standard InChI is InChI=1S/C21H25NO4/c1-24-18-9-5-16(6-10-18)14-21(23)22-17-7-11-19(12-8-17)26-15-20-4-2-3-13-25-20/h5-12,20H,2-4,13-15H2,1H3,(H,22,23). The Morgan fingerprint density at radius 2 is 1.81 bits per heavy atom. The molecule has 0 spiro atoms. The molecule has 1 atom stereocenters. The highest BCUT2D eigenvalue weighted by Gasteiger charge is 2.14. The molecule has 0 aliphatic carbocycles. The Bertz CT molecular complexity index is 691. The van der Waals surface area contributed by atoms with Crippen LogP contribution < -0.4 is 14.8 Å². The molecule has 3 rings (SSSR count). The highest BCUT2D eigenvalue weighted by atomic mass is 16.5. The lowest BCUT2D eigenvalue weighted by Crippen LogP contribution is -2.25. The fraction of sp³-hybridized carbons (Fsp3) is 0.381. The minimum atomic E-state index is -0.0561. The molecule has 5 nitrogen and oxygen atoms in total. The zero-order chi connectivity index (χ0) is 18.2. The van der Waals surface area contributed by atoms with Crippen molar-refractivity contribution in [1.29, 1.82) is 0 Å². The van der Waals surface area contributed by atoms with Gasteiger partial charge in [0.2, 0.25) is 5.91 Å². The van der Waals surface area contributed by atoms with Crippen molar-refractivity contribution >= 4 is 11.6 Å². The summed E-state index contributed by atoms with van der Waals surface area (Å²) >= 11 is 0. The molecule has 0 radical (unpaired) electrons. The number of ether oxygens (including phenoxy) is 3. The van der Waals surface area contributed by atoms with E-state index in [4.69, 9.17) is 14.2 Å². The zero-order valence-electron chi connectivity index (χ0n) is 15.1. The molecule has 1 N–H and O–H groups in total. The summed E-state index contributed by atoms with van der Waals surface area (Å²) in [6.45, 7) is 1.40. The van der Waals surface area contributed by atoms with Crippen LogP contribution in [0, 0.1) is 0 Å². The van der Waals surface area contributed by atoms with E-state index in [2.05, 4.69) is 5.32 Å². The van der Waals surface area contributed by atoms with E-state index in [0.717, 1.165) is 42.2 Å². The molecule has 26 heavy (non-hydrogen) atoms. The van der Waals surface area contributed by atoms with Crippen LogP contribution in [0.4, 0.5) is 5.69 Å². The molecule has 1 fully saturated rings. The molecule has 5 heteroatoms. The Morgan fingerprint density at radius 1 is 1.08 bits per heavy atom. The number of hydrogen-bond acceptors (Lipinski definition) is 4. The van der Waals surface area contributed by atoms with Crippen LogP contribution in [0.25, 0.3) is 0 Å². The predicted molar refractivity (Wildman–Crippen MR) is 101 cm³/mol. The molecular formula is C21H25NO4. The molecule has 0 bridgehead atoms. The maximum absolute atomic E-state index is 12.2. The van der Waals surface area contributed by atoms with Crippen LogP contribution in [0.5, 0.6) is 11.5 Å². The average molecular weight is 355 g/mol. The molecular weight excluding hydrogens is 330 g/mol. The molecule has 1 unspecified atom stereocenters. The summed E-state index contributed by atoms with van der Waals surface area (Å²) in [6, 6.07) is 14.9. The van der Waals surface area contributed by atoms with Gasteiger partial charge in [0.25, 0.3) is 0 Å². The van der Waals surface area contributed by atoms with Gasteiger partial charge in [-0.2, -0.15) is 0 Å². The molecule has 0 saturated carbocycles. The van der Waals surface area contributed by atoms with E-state index in [9.17, 15) is 4.79 Å². The number of benzene rings is 2. The van der Waals surface area contributed by atoms with Gasteiger partial charge >= 0.3 is 0 Å². The first-order valence-corrected chi connectivity index (χ1v) is 9.00. The molecule has 0 aromatic heterocycles. The van der Waals surface area contributed by atoms with Crippen LogP contribution >= 0.6 is 0 Å². The maximum Gasteiger partial charge on any atom is 0.228 e. The Hall–Kier alpha value is -2.53. The second-order valence-corrected chi connectivity index (χ2v) is 6.40. The van der Waals surface area contributed by atoms with Crippen LogP contribution in [-0.4, -0.2) is 32.3 Å². The number of nitrogens with one attached hydrogen (secondary N) is 1. The number of amides is 1. The van der Waals surface area contributed by atoms with E-state index >= 15 is 0 Å². The third-order valence-corrected chi connectivity index (χ3v) is 4.37. The van der Waals surface area contributed by atoms with Crippen molar-refractivity contribution in [3.05, 3.63) is 54.1 Å². The number of hydrogen-bond donors (Lipinski definition) is 1. The summed E-state index contributed by atoms with van der Waals surface area (Å²) in [6.07, 6.45) is 3.91. The second-order valence-electron chi connectivity index (χ2n) is 6.40. The minimum Gasteiger partial charge on any atom is -0.497 e. The molecule has 1 saturated heterocycles. The lowest BCUT2D eigenvalue weighted by molar-refractivity contribution is -0.115. The van der Waals surface area contributed by atoms with Gasteiger partial charge in [-0.05, 0) is 61.2 Å². The largest absolute Gasteiger partial charge is 0.497 e. The van der Waals surface area contributed by atoms with Gasteiger partial charge < -0.3 is 19.5 Å². The van der Waals surface area contributed by atoms with Gasteiger partial charge in [0.1, 0.15) is 18.1 Å². The Labute approximate surface area is 154 Å². The van der Waals surface area contributed by atoms with Crippen molar-refractivity contribution in [1.82, 2.24) is 0 Å². The monoisotopic (exact) mass is 355 g/mol. The third-order valence-electron chi connectivity index (χ3n) is 4.37. The van der Waals surface area contributed by atoms with Gasteiger partial charge in [-0.25, -0.2) is 0 Å². The van der Waals surface area contributed by atoms with E-state index in [1.54, 1.807) is 7.11 Å². The summed E-state index contributed by atoms with van der Waals surface area (Å²) in [5, 5.41) is 2.90. The Morgan fingerprint density at radius 3 is 2.46 bits per heavy atom. The average Bonchev–Trinajstić information content (AvgIpc) is 2.69. The van der Waals surface area contributed by atoms with E-state index in [-0.39, 0.29) is 12.0 Å². The van der Waals surface area contributed by atoms with Crippen LogP contribution in [0.3, 0.4) is 0 Å². The number of methoxy groups -OCH3 is 1. The normalized spacial score (nSPS) is 16.7. The van der Waals surface area contributed by atoms with Crippen LogP contribution in [-0.2, 0) is 16.0 Å². The fourth-order valence-electron chi connectivity index (χ4n) is 2.90. The van der Waals surface area contributed by atoms with Crippen LogP contribution in [0.1, 0.15) is 24.8 Å². The van der Waals surface area contributed by atoms with E-state index in [1.807, 2.05) is 48.5 Å². The van der Waals surface area contributed by atoms with Gasteiger partial charge in [-0.3, -0.25) is 4.79 Å². The SMILES string of the molecule is COc1ccc(CC(=O)Nc2ccc(OCC3CCCCO3)cc2)cc1. The molecule has 2 aromatic carbocycles. The lowest BCUT2D eigenvalue weighted by Gasteiger charge is -2.22. The first kappa shape index (κ1) is 18.3.